The van der Waals surface area contributed by atoms with E-state index >= 15 is 0 Å². The lowest BCUT2D eigenvalue weighted by Gasteiger charge is -2.21. The molecule has 6 heteroatoms. The fourth-order valence-electron chi connectivity index (χ4n) is 2.26. The minimum absolute atomic E-state index is 0.0591. The quantitative estimate of drug-likeness (QED) is 0.893. The first kappa shape index (κ1) is 14.8. The van der Waals surface area contributed by atoms with E-state index in [9.17, 15) is 0 Å². The molecule has 1 aliphatic heterocycles. The lowest BCUT2D eigenvalue weighted by Crippen LogP contribution is -2.27. The summed E-state index contributed by atoms with van der Waals surface area (Å²) in [4.78, 5) is 15.5. The van der Waals surface area contributed by atoms with Crippen LogP contribution in [-0.4, -0.2) is 40.7 Å². The number of hydrogen-bond donors (Lipinski definition) is 1. The van der Waals surface area contributed by atoms with Gasteiger partial charge < -0.3 is 15.0 Å². The maximum Gasteiger partial charge on any atom is 0.323 e. The smallest absolute Gasteiger partial charge is 0.323 e. The minimum atomic E-state index is 0.0591. The SMILES string of the molecule is CCNc1nc(OC(C)C)nc(N2CCCCCC2)n1. The van der Waals surface area contributed by atoms with Crippen LogP contribution in [0.5, 0.6) is 6.01 Å². The predicted molar refractivity (Wildman–Crippen MR) is 80.4 cm³/mol. The first-order valence-corrected chi connectivity index (χ1v) is 7.60. The van der Waals surface area contributed by atoms with E-state index in [4.69, 9.17) is 4.74 Å². The number of hydrogen-bond acceptors (Lipinski definition) is 6. The fraction of sp³-hybridized carbons (Fsp3) is 0.786. The van der Waals surface area contributed by atoms with Crippen molar-refractivity contribution in [2.75, 3.05) is 29.9 Å². The van der Waals surface area contributed by atoms with Crippen molar-refractivity contribution in [1.29, 1.82) is 0 Å². The molecule has 0 aromatic carbocycles. The van der Waals surface area contributed by atoms with E-state index in [1.54, 1.807) is 0 Å². The second-order valence-electron chi connectivity index (χ2n) is 5.34. The van der Waals surface area contributed by atoms with Crippen molar-refractivity contribution < 1.29 is 4.74 Å². The second-order valence-corrected chi connectivity index (χ2v) is 5.34. The molecule has 0 atom stereocenters. The zero-order valence-electron chi connectivity index (χ0n) is 12.7. The molecule has 0 spiro atoms. The number of rotatable bonds is 5. The molecule has 20 heavy (non-hydrogen) atoms. The van der Waals surface area contributed by atoms with Gasteiger partial charge in [-0.2, -0.15) is 15.0 Å². The first-order chi connectivity index (χ1) is 9.69. The van der Waals surface area contributed by atoms with Gasteiger partial charge in [0.2, 0.25) is 11.9 Å². The summed E-state index contributed by atoms with van der Waals surface area (Å²) in [6.07, 6.45) is 5.03. The summed E-state index contributed by atoms with van der Waals surface area (Å²) in [5.74, 6) is 1.32. The third-order valence-corrected chi connectivity index (χ3v) is 3.17. The summed E-state index contributed by atoms with van der Waals surface area (Å²) in [5, 5.41) is 3.15. The molecule has 1 fully saturated rings. The molecule has 1 aromatic rings. The standard InChI is InChI=1S/C14H25N5O/c1-4-15-12-16-13(18-14(17-12)20-11(2)3)19-9-7-5-6-8-10-19/h11H,4-10H2,1-3H3,(H,15,16,17,18). The number of aromatic nitrogens is 3. The van der Waals surface area contributed by atoms with Crippen LogP contribution in [0, 0.1) is 0 Å². The van der Waals surface area contributed by atoms with Crippen LogP contribution in [0.1, 0.15) is 46.5 Å². The van der Waals surface area contributed by atoms with Gasteiger partial charge in [0.15, 0.2) is 0 Å². The molecule has 2 rings (SSSR count). The molecular weight excluding hydrogens is 254 g/mol. The molecule has 0 saturated carbocycles. The average Bonchev–Trinajstić information content (AvgIpc) is 2.66. The lowest BCUT2D eigenvalue weighted by molar-refractivity contribution is 0.222. The van der Waals surface area contributed by atoms with Crippen LogP contribution in [0.15, 0.2) is 0 Å². The van der Waals surface area contributed by atoms with E-state index in [-0.39, 0.29) is 6.10 Å². The monoisotopic (exact) mass is 279 g/mol. The van der Waals surface area contributed by atoms with Crippen molar-refractivity contribution in [2.24, 2.45) is 0 Å². The molecule has 1 aromatic heterocycles. The molecular formula is C14H25N5O. The normalized spacial score (nSPS) is 16.1. The molecule has 6 nitrogen and oxygen atoms in total. The molecule has 1 aliphatic rings. The van der Waals surface area contributed by atoms with Crippen LogP contribution >= 0.6 is 0 Å². The molecule has 0 unspecified atom stereocenters. The minimum Gasteiger partial charge on any atom is -0.461 e. The van der Waals surface area contributed by atoms with E-state index in [1.807, 2.05) is 20.8 Å². The first-order valence-electron chi connectivity index (χ1n) is 7.60. The second kappa shape index (κ2) is 7.26. The van der Waals surface area contributed by atoms with Gasteiger partial charge in [-0.1, -0.05) is 12.8 Å². The van der Waals surface area contributed by atoms with Crippen LogP contribution in [0.2, 0.25) is 0 Å². The van der Waals surface area contributed by atoms with Gasteiger partial charge in [0.05, 0.1) is 6.10 Å². The Morgan fingerprint density at radius 2 is 1.80 bits per heavy atom. The summed E-state index contributed by atoms with van der Waals surface area (Å²) in [7, 11) is 0. The van der Waals surface area contributed by atoms with E-state index in [0.717, 1.165) is 25.6 Å². The summed E-state index contributed by atoms with van der Waals surface area (Å²) in [5.41, 5.74) is 0. The van der Waals surface area contributed by atoms with Gasteiger partial charge in [-0.25, -0.2) is 0 Å². The molecule has 2 heterocycles. The number of anilines is 2. The fourth-order valence-corrected chi connectivity index (χ4v) is 2.26. The van der Waals surface area contributed by atoms with Crippen LogP contribution in [0.4, 0.5) is 11.9 Å². The molecule has 0 radical (unpaired) electrons. The Labute approximate surface area is 121 Å². The maximum absolute atomic E-state index is 5.64. The van der Waals surface area contributed by atoms with Gasteiger partial charge in [0.25, 0.3) is 0 Å². The van der Waals surface area contributed by atoms with Gasteiger partial charge in [-0.05, 0) is 33.6 Å². The Balaban J connectivity index is 2.22. The average molecular weight is 279 g/mol. The van der Waals surface area contributed by atoms with Gasteiger partial charge in [-0.15, -0.1) is 0 Å². The molecule has 0 aliphatic carbocycles. The van der Waals surface area contributed by atoms with E-state index in [2.05, 4.69) is 25.2 Å². The van der Waals surface area contributed by atoms with Crippen molar-refractivity contribution in [3.63, 3.8) is 0 Å². The third-order valence-electron chi connectivity index (χ3n) is 3.17. The van der Waals surface area contributed by atoms with E-state index in [1.165, 1.54) is 25.7 Å². The Morgan fingerprint density at radius 1 is 1.10 bits per heavy atom. The van der Waals surface area contributed by atoms with Gasteiger partial charge in [0.1, 0.15) is 0 Å². The Kier molecular flexibility index (Phi) is 5.38. The van der Waals surface area contributed by atoms with Crippen molar-refractivity contribution >= 4 is 11.9 Å². The Morgan fingerprint density at radius 3 is 2.40 bits per heavy atom. The van der Waals surface area contributed by atoms with Crippen molar-refractivity contribution in [3.8, 4) is 6.01 Å². The van der Waals surface area contributed by atoms with Crippen molar-refractivity contribution in [1.82, 2.24) is 15.0 Å². The topological polar surface area (TPSA) is 63.2 Å². The largest absolute Gasteiger partial charge is 0.461 e. The van der Waals surface area contributed by atoms with Crippen LogP contribution < -0.4 is 15.0 Å². The van der Waals surface area contributed by atoms with Crippen molar-refractivity contribution in [3.05, 3.63) is 0 Å². The van der Waals surface area contributed by atoms with Gasteiger partial charge >= 0.3 is 6.01 Å². The van der Waals surface area contributed by atoms with Crippen LogP contribution in [-0.2, 0) is 0 Å². The maximum atomic E-state index is 5.64. The molecule has 0 bridgehead atoms. The summed E-state index contributed by atoms with van der Waals surface area (Å²) >= 11 is 0. The number of ether oxygens (including phenoxy) is 1. The highest BCUT2D eigenvalue weighted by Crippen LogP contribution is 2.19. The summed E-state index contributed by atoms with van der Waals surface area (Å²) in [6.45, 7) is 8.78. The Bertz CT molecular complexity index is 416. The van der Waals surface area contributed by atoms with Crippen LogP contribution in [0.3, 0.4) is 0 Å². The summed E-state index contributed by atoms with van der Waals surface area (Å²) < 4.78 is 5.64. The van der Waals surface area contributed by atoms with Crippen LogP contribution in [0.25, 0.3) is 0 Å². The van der Waals surface area contributed by atoms with Crippen molar-refractivity contribution in [2.45, 2.75) is 52.6 Å². The van der Waals surface area contributed by atoms with E-state index < -0.39 is 0 Å². The highest BCUT2D eigenvalue weighted by atomic mass is 16.5. The molecule has 1 saturated heterocycles. The van der Waals surface area contributed by atoms with Gasteiger partial charge in [0, 0.05) is 19.6 Å². The van der Waals surface area contributed by atoms with Gasteiger partial charge in [-0.3, -0.25) is 0 Å². The lowest BCUT2D eigenvalue weighted by atomic mass is 10.2. The highest BCUT2D eigenvalue weighted by molar-refractivity contribution is 5.38. The zero-order chi connectivity index (χ0) is 14.4. The predicted octanol–water partition coefficient (Wildman–Crippen LogP) is 2.47. The number of nitrogens with zero attached hydrogens (tertiary/aromatic N) is 4. The molecule has 0 amide bonds. The summed E-state index contributed by atoms with van der Waals surface area (Å²) in [6, 6.07) is 0.408. The third kappa shape index (κ3) is 4.21. The zero-order valence-corrected chi connectivity index (χ0v) is 12.7. The molecule has 112 valence electrons. The Hall–Kier alpha value is -1.59. The van der Waals surface area contributed by atoms with E-state index in [0.29, 0.717) is 12.0 Å². The number of nitrogens with one attached hydrogen (secondary N) is 1. The molecule has 1 N–H and O–H groups in total. The highest BCUT2D eigenvalue weighted by Gasteiger charge is 2.16.